The zero-order valence-electron chi connectivity index (χ0n) is 49.6. The number of hydrogen-bond acceptors (Lipinski definition) is 0. The summed E-state index contributed by atoms with van der Waals surface area (Å²) in [6.07, 6.45) is 0. The van der Waals surface area contributed by atoms with Crippen LogP contribution >= 0.6 is 0 Å². The Morgan fingerprint density at radius 2 is 0.412 bits per heavy atom. The van der Waals surface area contributed by atoms with E-state index >= 15 is 0 Å². The normalized spacial score (nSPS) is 15.9. The molecule has 0 bridgehead atoms. The summed E-state index contributed by atoms with van der Waals surface area (Å²) in [7, 11) is -21.6. The molecule has 4 rings (SSSR count). The van der Waals surface area contributed by atoms with Gasteiger partial charge in [-0.3, -0.25) is 0 Å². The van der Waals surface area contributed by atoms with Crippen molar-refractivity contribution in [3.8, 4) is 0 Å². The third-order valence-electron chi connectivity index (χ3n) is 15.2. The second-order valence-corrected chi connectivity index (χ2v) is 80.9. The topological polar surface area (TPSA) is 0 Å². The minimum Gasteiger partial charge on any atom is -1.00 e. The number of benzene rings is 3. The minimum atomic E-state index is -3.42. The van der Waals surface area contributed by atoms with Crippen LogP contribution in [0.25, 0.3) is 0 Å². The van der Waals surface area contributed by atoms with E-state index in [0.29, 0.717) is 0 Å². The number of hydrogen-bond donors (Lipinski definition) is 0. The molecule has 0 N–H and O–H groups in total. The van der Waals surface area contributed by atoms with Crippen LogP contribution in [0.2, 0.25) is 180 Å². The first-order valence-electron chi connectivity index (χ1n) is 25.2. The van der Waals surface area contributed by atoms with Gasteiger partial charge in [0.05, 0.1) is 0 Å². The van der Waals surface area contributed by atoms with Crippen molar-refractivity contribution in [1.82, 2.24) is 0 Å². The Bertz CT molecular complexity index is 2190. The summed E-state index contributed by atoms with van der Waals surface area (Å²) < 4.78 is -0.191. The van der Waals surface area contributed by atoms with E-state index in [4.69, 9.17) is 0 Å². The maximum atomic E-state index is 2.92. The van der Waals surface area contributed by atoms with Crippen molar-refractivity contribution < 1.29 is 57.7 Å². The smallest absolute Gasteiger partial charge is 1.00 e. The Morgan fingerprint density at radius 1 is 0.265 bits per heavy atom. The molecule has 0 nitrogen and oxygen atoms in total. The van der Waals surface area contributed by atoms with Gasteiger partial charge in [0.1, 0.15) is 0 Å². The molecule has 0 atom stereocenters. The molecule has 0 aromatic heterocycles. The average Bonchev–Trinajstić information content (AvgIpc) is 3.22. The van der Waals surface area contributed by atoms with Crippen LogP contribution < -0.4 is 99.5 Å². The fraction of sp³-hybridized carbons (Fsp3) is 0.593. The second kappa shape index (κ2) is 20.8. The van der Waals surface area contributed by atoms with Crippen molar-refractivity contribution in [2.75, 3.05) is 0 Å². The Balaban J connectivity index is 0.00000771. The van der Waals surface area contributed by atoms with E-state index < -0.39 is 80.7 Å². The molecule has 3 aromatic carbocycles. The summed E-state index contributed by atoms with van der Waals surface area (Å²) in [5, 5.41) is 22.3. The number of rotatable bonds is 13. The van der Waals surface area contributed by atoms with Crippen LogP contribution in [0.15, 0.2) is 58.7 Å². The van der Waals surface area contributed by atoms with Gasteiger partial charge >= 0.3 is 430 Å². The van der Waals surface area contributed by atoms with Gasteiger partial charge in [-0.15, -0.1) is 0 Å². The van der Waals surface area contributed by atoms with Crippen LogP contribution in [0.1, 0.15) is 27.7 Å². The van der Waals surface area contributed by atoms with E-state index in [2.05, 4.69) is 261 Å². The first-order valence-corrected chi connectivity index (χ1v) is 59.5. The molecule has 0 saturated heterocycles. The van der Waals surface area contributed by atoms with Gasteiger partial charge in [-0.1, -0.05) is 0 Å². The Labute approximate surface area is 462 Å². The maximum absolute atomic E-state index is 3.42. The van der Waals surface area contributed by atoms with Gasteiger partial charge in [-0.25, -0.2) is 0 Å². The molecular weight excluding hydrogens is 1080 g/mol. The van der Waals surface area contributed by atoms with Crippen LogP contribution in [0, 0.1) is 0 Å². The molecule has 0 amide bonds. The molecule has 0 saturated carbocycles. The summed E-state index contributed by atoms with van der Waals surface area (Å²) in [5.41, 5.74) is 6.51. The average molecular weight is 1180 g/mol. The number of allylic oxidation sites excluding steroid dienone is 4. The largest absolute Gasteiger partial charge is 1.00 e. The van der Waals surface area contributed by atoms with Crippen molar-refractivity contribution in [2.45, 2.75) is 208 Å². The van der Waals surface area contributed by atoms with Gasteiger partial charge in [-0.2, -0.15) is 0 Å². The summed E-state index contributed by atoms with van der Waals surface area (Å²) in [6, 6.07) is 16.7. The van der Waals surface area contributed by atoms with Gasteiger partial charge in [0.25, 0.3) is 0 Å². The van der Waals surface area contributed by atoms with E-state index in [-0.39, 0.29) is 40.6 Å². The standard InChI is InChI=1S/C54H99Si10.3ClH.Ti/c1-38-39(2)41(4)48(40(38)3)64(52-45(58(14,15)16)35-32-42(55(5,6)7)49(52)61(23,24)25,53-46(59(17,18)19)36-33-43(56(8,9)10)50(53)62(26,27)28)54-47(60(20,21)22)37-34-44(57(11,12)13)51(54)63(29,30)31;;;;/h32-37H,1-31H3;3*1H;/q;;;;+3/p-3. The molecular formula is C54H99Cl3Si10Ti. The van der Waals surface area contributed by atoms with Gasteiger partial charge in [0.15, 0.2) is 0 Å². The Kier molecular flexibility index (Phi) is 20.5. The fourth-order valence-corrected chi connectivity index (χ4v) is 52.4. The molecule has 0 radical (unpaired) electrons. The van der Waals surface area contributed by atoms with Crippen LogP contribution in [-0.4, -0.2) is 80.7 Å². The monoisotopic (exact) mass is 1180 g/mol. The fourth-order valence-electron chi connectivity index (χ4n) is 12.0. The van der Waals surface area contributed by atoms with E-state index in [9.17, 15) is 0 Å². The van der Waals surface area contributed by atoms with E-state index in [1.54, 1.807) is 53.4 Å². The summed E-state index contributed by atoms with van der Waals surface area (Å²) in [6.45, 7) is 84.2. The van der Waals surface area contributed by atoms with Gasteiger partial charge < -0.3 is 37.2 Å². The van der Waals surface area contributed by atoms with Crippen LogP contribution in [-0.2, 0) is 20.4 Å². The second-order valence-electron chi connectivity index (χ2n) is 30.0. The summed E-state index contributed by atoms with van der Waals surface area (Å²) >= 11 is 2.92. The molecule has 380 valence electrons. The SMILES string of the molecule is CC1=C(C)[C]([Ti+3])([Si](c2c([Si](C)(C)C)ccc([Si](C)(C)C)c2[Si](C)(C)C)(c2c([Si](C)(C)C)ccc([Si](C)(C)C)c2[Si](C)(C)C)c2c([Si](C)(C)C)ccc([Si](C)(C)C)c2[Si](C)(C)C)C(C)=C1C.[Cl-].[Cl-].[Cl-]. The molecule has 0 fully saturated rings. The zero-order valence-corrected chi connectivity index (χ0v) is 63.4. The predicted octanol–water partition coefficient (Wildman–Crippen LogP) is 1.01. The quantitative estimate of drug-likeness (QED) is 0.178. The third kappa shape index (κ3) is 11.8. The van der Waals surface area contributed by atoms with Crippen molar-refractivity contribution in [3.63, 3.8) is 0 Å². The molecule has 0 heterocycles. The van der Waals surface area contributed by atoms with Crippen molar-refractivity contribution in [2.24, 2.45) is 0 Å². The summed E-state index contributed by atoms with van der Waals surface area (Å²) in [5.74, 6) is 0. The van der Waals surface area contributed by atoms with Crippen LogP contribution in [0.4, 0.5) is 0 Å². The van der Waals surface area contributed by atoms with Crippen molar-refractivity contribution >= 4 is 143 Å². The first-order chi connectivity index (χ1) is 28.6. The molecule has 0 unspecified atom stereocenters. The van der Waals surface area contributed by atoms with Gasteiger partial charge in [-0.05, 0) is 0 Å². The van der Waals surface area contributed by atoms with E-state index in [1.807, 2.05) is 31.1 Å². The van der Waals surface area contributed by atoms with Crippen molar-refractivity contribution in [3.05, 3.63) is 58.7 Å². The molecule has 1 aliphatic carbocycles. The zero-order chi connectivity index (χ0) is 51.0. The molecule has 0 aliphatic heterocycles. The molecule has 0 spiro atoms. The number of halogens is 3. The van der Waals surface area contributed by atoms with Gasteiger partial charge in [0.2, 0.25) is 0 Å². The molecule has 14 heteroatoms. The first kappa shape index (κ1) is 66.9. The Hall–Kier alpha value is 0.893. The van der Waals surface area contributed by atoms with Crippen molar-refractivity contribution in [1.29, 1.82) is 0 Å². The maximum Gasteiger partial charge on any atom is -1.00 e. The van der Waals surface area contributed by atoms with E-state index in [0.717, 1.165) is 0 Å². The van der Waals surface area contributed by atoms with Gasteiger partial charge in [0, 0.05) is 0 Å². The Morgan fingerprint density at radius 3 is 0.544 bits per heavy atom. The molecule has 3 aromatic rings. The third-order valence-corrected chi connectivity index (χ3v) is 44.3. The molecule has 1 aliphatic rings. The predicted molar refractivity (Wildman–Crippen MR) is 330 cm³/mol. The van der Waals surface area contributed by atoms with E-state index in [1.165, 1.54) is 0 Å². The summed E-state index contributed by atoms with van der Waals surface area (Å²) in [4.78, 5) is 0. The minimum absolute atomic E-state index is 0. The molecule has 68 heavy (non-hydrogen) atoms. The van der Waals surface area contributed by atoms with Crippen LogP contribution in [0.5, 0.6) is 0 Å². The van der Waals surface area contributed by atoms with Crippen LogP contribution in [0.3, 0.4) is 0 Å².